The second-order valence-corrected chi connectivity index (χ2v) is 4.47. The van der Waals surface area contributed by atoms with Crippen LogP contribution in [0.4, 0.5) is 5.69 Å². The molecule has 0 amide bonds. The van der Waals surface area contributed by atoms with Gasteiger partial charge in [0.25, 0.3) is 0 Å². The first-order valence-electron chi connectivity index (χ1n) is 6.03. The van der Waals surface area contributed by atoms with Crippen molar-refractivity contribution < 1.29 is 20.1 Å². The van der Waals surface area contributed by atoms with Gasteiger partial charge in [-0.2, -0.15) is 5.10 Å². The van der Waals surface area contributed by atoms with Crippen LogP contribution in [0.1, 0.15) is 16.1 Å². The normalized spacial score (nSPS) is 11.2. The highest BCUT2D eigenvalue weighted by atomic mass is 16.4. The average Bonchev–Trinajstić information content (AvgIpc) is 2.71. The van der Waals surface area contributed by atoms with Crippen molar-refractivity contribution in [1.82, 2.24) is 14.8 Å². The van der Waals surface area contributed by atoms with Crippen LogP contribution in [0.15, 0.2) is 6.20 Å². The second kappa shape index (κ2) is 5.43. The Morgan fingerprint density at radius 3 is 2.65 bits per heavy atom. The molecule has 0 saturated carbocycles. The molecule has 8 heteroatoms. The molecule has 0 spiro atoms. The summed E-state index contributed by atoms with van der Waals surface area (Å²) in [6, 6.07) is -0.654. The molecule has 0 aromatic carbocycles. The lowest BCUT2D eigenvalue weighted by Gasteiger charge is -2.17. The Kier molecular flexibility index (Phi) is 3.86. The molecule has 0 unspecified atom stereocenters. The predicted molar refractivity (Wildman–Crippen MR) is 71.8 cm³/mol. The van der Waals surface area contributed by atoms with Gasteiger partial charge in [0.05, 0.1) is 36.0 Å². The number of carbonyl (C=O) groups is 1. The first-order valence-corrected chi connectivity index (χ1v) is 6.03. The smallest absolute Gasteiger partial charge is 0.339 e. The van der Waals surface area contributed by atoms with Gasteiger partial charge in [-0.05, 0) is 6.92 Å². The number of anilines is 1. The number of aryl methyl sites for hydroxylation is 2. The number of hydrogen-bond donors (Lipinski definition) is 4. The van der Waals surface area contributed by atoms with Gasteiger partial charge in [-0.15, -0.1) is 0 Å². The fourth-order valence-corrected chi connectivity index (χ4v) is 2.08. The van der Waals surface area contributed by atoms with Crippen molar-refractivity contribution in [3.8, 4) is 0 Å². The molecule has 0 radical (unpaired) electrons. The molecule has 0 fully saturated rings. The number of aliphatic hydroxyl groups is 2. The molecule has 4 N–H and O–H groups in total. The number of fused-ring (bicyclic) bond motifs is 1. The van der Waals surface area contributed by atoms with Crippen molar-refractivity contribution in [3.05, 3.63) is 17.5 Å². The molecule has 20 heavy (non-hydrogen) atoms. The van der Waals surface area contributed by atoms with E-state index in [1.165, 1.54) is 6.20 Å². The maximum Gasteiger partial charge on any atom is 0.339 e. The maximum absolute atomic E-state index is 11.3. The van der Waals surface area contributed by atoms with E-state index in [1.54, 1.807) is 18.7 Å². The Labute approximate surface area is 114 Å². The highest BCUT2D eigenvalue weighted by Gasteiger charge is 2.21. The van der Waals surface area contributed by atoms with Crippen molar-refractivity contribution in [2.45, 2.75) is 13.0 Å². The number of nitrogens with one attached hydrogen (secondary N) is 1. The van der Waals surface area contributed by atoms with Gasteiger partial charge in [0.1, 0.15) is 5.56 Å². The van der Waals surface area contributed by atoms with Crippen LogP contribution in [0.3, 0.4) is 0 Å². The van der Waals surface area contributed by atoms with Gasteiger partial charge < -0.3 is 20.6 Å². The van der Waals surface area contributed by atoms with E-state index < -0.39 is 12.0 Å². The van der Waals surface area contributed by atoms with E-state index in [9.17, 15) is 9.90 Å². The summed E-state index contributed by atoms with van der Waals surface area (Å²) in [5, 5.41) is 35.2. The molecule has 0 bridgehead atoms. The van der Waals surface area contributed by atoms with E-state index in [-0.39, 0.29) is 18.8 Å². The molecular weight excluding hydrogens is 264 g/mol. The van der Waals surface area contributed by atoms with Crippen molar-refractivity contribution in [3.63, 3.8) is 0 Å². The fraction of sp³-hybridized carbons (Fsp3) is 0.417. The summed E-state index contributed by atoms with van der Waals surface area (Å²) in [7, 11) is 1.71. The molecular formula is C12H16N4O4. The number of carboxylic acid groups (broad SMARTS) is 1. The third kappa shape index (κ3) is 2.30. The number of pyridine rings is 1. The van der Waals surface area contributed by atoms with Gasteiger partial charge in [0.2, 0.25) is 0 Å². The zero-order valence-electron chi connectivity index (χ0n) is 11.2. The Bertz CT molecular complexity index is 648. The fourth-order valence-electron chi connectivity index (χ4n) is 2.08. The standard InChI is InChI=1S/C12H16N4O4/c1-6-9-10(14-7(4-17)5-18)8(12(19)20)3-13-11(9)16(2)15-6/h3,7,17-18H,4-5H2,1-2H3,(H,13,14)(H,19,20). The van der Waals surface area contributed by atoms with Crippen molar-refractivity contribution in [2.75, 3.05) is 18.5 Å². The molecule has 0 atom stereocenters. The number of rotatable bonds is 5. The molecule has 8 nitrogen and oxygen atoms in total. The number of nitrogens with zero attached hydrogens (tertiary/aromatic N) is 3. The van der Waals surface area contributed by atoms with Gasteiger partial charge >= 0.3 is 5.97 Å². The predicted octanol–water partition coefficient (Wildman–Crippen LogP) is -0.260. The number of carboxylic acids is 1. The van der Waals surface area contributed by atoms with Crippen LogP contribution >= 0.6 is 0 Å². The molecule has 2 aromatic heterocycles. The average molecular weight is 280 g/mol. The molecule has 0 aliphatic heterocycles. The van der Waals surface area contributed by atoms with Gasteiger partial charge in [-0.3, -0.25) is 4.68 Å². The van der Waals surface area contributed by atoms with Crippen molar-refractivity contribution in [2.24, 2.45) is 7.05 Å². The summed E-state index contributed by atoms with van der Waals surface area (Å²) in [5.74, 6) is -1.14. The summed E-state index contributed by atoms with van der Waals surface area (Å²) in [6.45, 7) is 1.10. The van der Waals surface area contributed by atoms with E-state index in [0.29, 0.717) is 22.4 Å². The summed E-state index contributed by atoms with van der Waals surface area (Å²) in [5.41, 5.74) is 1.43. The minimum Gasteiger partial charge on any atom is -0.478 e. The van der Waals surface area contributed by atoms with Gasteiger partial charge in [0, 0.05) is 13.2 Å². The minimum absolute atomic E-state index is 0.0273. The SMILES string of the molecule is Cc1nn(C)c2ncc(C(=O)O)c(NC(CO)CO)c12. The Morgan fingerprint density at radius 2 is 2.10 bits per heavy atom. The zero-order valence-corrected chi connectivity index (χ0v) is 11.2. The first kappa shape index (κ1) is 14.2. The van der Waals surface area contributed by atoms with Crippen LogP contribution in [0.25, 0.3) is 11.0 Å². The summed E-state index contributed by atoms with van der Waals surface area (Å²) < 4.78 is 1.55. The first-order chi connectivity index (χ1) is 9.49. The number of aliphatic hydroxyl groups excluding tert-OH is 2. The van der Waals surface area contributed by atoms with E-state index in [0.717, 1.165) is 0 Å². The second-order valence-electron chi connectivity index (χ2n) is 4.47. The Hall–Kier alpha value is -2.19. The minimum atomic E-state index is -1.14. The molecule has 2 rings (SSSR count). The number of aromatic carboxylic acids is 1. The number of aromatic nitrogens is 3. The van der Waals surface area contributed by atoms with Crippen LogP contribution in [0.5, 0.6) is 0 Å². The van der Waals surface area contributed by atoms with Crippen LogP contribution in [0, 0.1) is 6.92 Å². The van der Waals surface area contributed by atoms with Crippen molar-refractivity contribution >= 4 is 22.7 Å². The lowest BCUT2D eigenvalue weighted by atomic mass is 10.1. The van der Waals surface area contributed by atoms with Gasteiger partial charge in [-0.25, -0.2) is 9.78 Å². The van der Waals surface area contributed by atoms with E-state index in [2.05, 4.69) is 15.4 Å². The zero-order chi connectivity index (χ0) is 14.9. The molecule has 2 heterocycles. The van der Waals surface area contributed by atoms with Crippen LogP contribution in [-0.4, -0.2) is 55.3 Å². The quantitative estimate of drug-likeness (QED) is 0.595. The maximum atomic E-state index is 11.3. The van der Waals surface area contributed by atoms with Gasteiger partial charge in [0.15, 0.2) is 5.65 Å². The highest BCUT2D eigenvalue weighted by molar-refractivity contribution is 6.04. The van der Waals surface area contributed by atoms with E-state index in [1.807, 2.05) is 0 Å². The number of hydrogen-bond acceptors (Lipinski definition) is 6. The summed E-state index contributed by atoms with van der Waals surface area (Å²) >= 11 is 0. The Balaban J connectivity index is 2.68. The molecule has 0 aliphatic rings. The lowest BCUT2D eigenvalue weighted by molar-refractivity contribution is 0.0697. The van der Waals surface area contributed by atoms with Crippen LogP contribution in [0.2, 0.25) is 0 Å². The molecule has 0 aliphatic carbocycles. The molecule has 108 valence electrons. The molecule has 2 aromatic rings. The summed E-state index contributed by atoms with van der Waals surface area (Å²) in [6.07, 6.45) is 1.24. The van der Waals surface area contributed by atoms with Crippen LogP contribution < -0.4 is 5.32 Å². The van der Waals surface area contributed by atoms with Crippen molar-refractivity contribution in [1.29, 1.82) is 0 Å². The third-order valence-corrected chi connectivity index (χ3v) is 3.05. The van der Waals surface area contributed by atoms with Crippen LogP contribution in [-0.2, 0) is 7.05 Å². The van der Waals surface area contributed by atoms with E-state index in [4.69, 9.17) is 10.2 Å². The summed E-state index contributed by atoms with van der Waals surface area (Å²) in [4.78, 5) is 15.4. The van der Waals surface area contributed by atoms with Gasteiger partial charge in [-0.1, -0.05) is 0 Å². The third-order valence-electron chi connectivity index (χ3n) is 3.05. The topological polar surface area (TPSA) is 121 Å². The lowest BCUT2D eigenvalue weighted by Crippen LogP contribution is -2.28. The monoisotopic (exact) mass is 280 g/mol. The Morgan fingerprint density at radius 1 is 1.45 bits per heavy atom. The highest BCUT2D eigenvalue weighted by Crippen LogP contribution is 2.29. The largest absolute Gasteiger partial charge is 0.478 e. The van der Waals surface area contributed by atoms with E-state index >= 15 is 0 Å². The molecule has 0 saturated heterocycles.